The summed E-state index contributed by atoms with van der Waals surface area (Å²) in [6, 6.07) is 18.0. The van der Waals surface area contributed by atoms with Crippen LogP contribution >= 0.6 is 0 Å². The van der Waals surface area contributed by atoms with Crippen LogP contribution in [-0.4, -0.2) is 29.9 Å². The van der Waals surface area contributed by atoms with Crippen LogP contribution < -0.4 is 11.1 Å². The fourth-order valence-corrected chi connectivity index (χ4v) is 3.19. The van der Waals surface area contributed by atoms with Crippen LogP contribution in [0.1, 0.15) is 29.7 Å². The molecule has 0 aliphatic carbocycles. The summed E-state index contributed by atoms with van der Waals surface area (Å²) >= 11 is 0. The van der Waals surface area contributed by atoms with Crippen molar-refractivity contribution in [2.75, 3.05) is 13.1 Å². The molecule has 1 aliphatic rings. The van der Waals surface area contributed by atoms with Gasteiger partial charge in [0.1, 0.15) is 0 Å². The lowest BCUT2D eigenvalue weighted by molar-refractivity contribution is -0.126. The number of carbonyl (C=O) groups is 1. The van der Waals surface area contributed by atoms with E-state index in [-0.39, 0.29) is 18.0 Å². The summed E-state index contributed by atoms with van der Waals surface area (Å²) in [5.74, 6) is 0.0424. The number of hydrogen-bond donors (Lipinski definition) is 2. The minimum absolute atomic E-state index is 0.0424. The van der Waals surface area contributed by atoms with E-state index in [1.165, 1.54) is 11.1 Å². The minimum atomic E-state index is -0.176. The molecule has 0 spiro atoms. The van der Waals surface area contributed by atoms with E-state index in [1.807, 2.05) is 37.3 Å². The first kappa shape index (κ1) is 16.7. The van der Waals surface area contributed by atoms with Gasteiger partial charge in [-0.2, -0.15) is 0 Å². The molecule has 1 amide bonds. The summed E-state index contributed by atoms with van der Waals surface area (Å²) in [5, 5.41) is 3.00. The quantitative estimate of drug-likeness (QED) is 0.887. The van der Waals surface area contributed by atoms with E-state index >= 15 is 0 Å². The standard InChI is InChI=1S/C20H25N3O/c1-15(23-12-11-16-7-5-6-10-18(16)14-23)20(24)22-13-19(21)17-8-3-2-4-9-17/h2-10,15,19H,11-14,21H2,1H3,(H,22,24). The Labute approximate surface area is 143 Å². The molecule has 1 heterocycles. The van der Waals surface area contributed by atoms with Crippen molar-refractivity contribution in [1.82, 2.24) is 10.2 Å². The Morgan fingerprint density at radius 3 is 2.54 bits per heavy atom. The van der Waals surface area contributed by atoms with Crippen LogP contribution in [0.25, 0.3) is 0 Å². The molecule has 2 atom stereocenters. The van der Waals surface area contributed by atoms with Gasteiger partial charge >= 0.3 is 0 Å². The van der Waals surface area contributed by atoms with Gasteiger partial charge in [0, 0.05) is 25.7 Å². The van der Waals surface area contributed by atoms with Gasteiger partial charge < -0.3 is 11.1 Å². The molecule has 3 N–H and O–H groups in total. The van der Waals surface area contributed by atoms with E-state index in [9.17, 15) is 4.79 Å². The third kappa shape index (κ3) is 3.83. The first-order valence-corrected chi connectivity index (χ1v) is 8.54. The highest BCUT2D eigenvalue weighted by molar-refractivity contribution is 5.81. The maximum Gasteiger partial charge on any atom is 0.237 e. The van der Waals surface area contributed by atoms with Gasteiger partial charge in [-0.05, 0) is 30.0 Å². The van der Waals surface area contributed by atoms with Gasteiger partial charge in [-0.3, -0.25) is 9.69 Å². The van der Waals surface area contributed by atoms with Crippen LogP contribution in [0, 0.1) is 0 Å². The molecule has 0 saturated heterocycles. The molecule has 3 rings (SSSR count). The molecule has 2 aromatic rings. The van der Waals surface area contributed by atoms with Crippen molar-refractivity contribution in [2.24, 2.45) is 5.73 Å². The van der Waals surface area contributed by atoms with Crippen LogP contribution in [0.2, 0.25) is 0 Å². The zero-order valence-corrected chi connectivity index (χ0v) is 14.1. The van der Waals surface area contributed by atoms with Gasteiger partial charge in [-0.1, -0.05) is 54.6 Å². The lowest BCUT2D eigenvalue weighted by Gasteiger charge is -2.33. The molecule has 24 heavy (non-hydrogen) atoms. The Hall–Kier alpha value is -2.17. The molecule has 0 saturated carbocycles. The molecule has 0 bridgehead atoms. The molecule has 4 heteroatoms. The second-order valence-electron chi connectivity index (χ2n) is 6.43. The normalized spacial score (nSPS) is 16.9. The first-order valence-electron chi connectivity index (χ1n) is 8.54. The zero-order valence-electron chi connectivity index (χ0n) is 14.1. The van der Waals surface area contributed by atoms with Gasteiger partial charge in [-0.25, -0.2) is 0 Å². The minimum Gasteiger partial charge on any atom is -0.353 e. The molecular weight excluding hydrogens is 298 g/mol. The largest absolute Gasteiger partial charge is 0.353 e. The monoisotopic (exact) mass is 323 g/mol. The number of benzene rings is 2. The summed E-state index contributed by atoms with van der Waals surface area (Å²) < 4.78 is 0. The van der Waals surface area contributed by atoms with E-state index in [2.05, 4.69) is 34.5 Å². The molecule has 0 aromatic heterocycles. The van der Waals surface area contributed by atoms with Crippen LogP contribution in [0.3, 0.4) is 0 Å². The fourth-order valence-electron chi connectivity index (χ4n) is 3.19. The van der Waals surface area contributed by atoms with Crippen LogP contribution in [0.5, 0.6) is 0 Å². The maximum absolute atomic E-state index is 12.5. The SMILES string of the molecule is CC(C(=O)NCC(N)c1ccccc1)N1CCc2ccccc2C1. The fraction of sp³-hybridized carbons (Fsp3) is 0.350. The number of nitrogens with two attached hydrogens (primary N) is 1. The predicted molar refractivity (Wildman–Crippen MR) is 96.4 cm³/mol. The van der Waals surface area contributed by atoms with Crippen molar-refractivity contribution in [2.45, 2.75) is 32.0 Å². The van der Waals surface area contributed by atoms with E-state index in [0.717, 1.165) is 25.1 Å². The highest BCUT2D eigenvalue weighted by Crippen LogP contribution is 2.20. The van der Waals surface area contributed by atoms with Crippen LogP contribution in [0.4, 0.5) is 0 Å². The number of carbonyl (C=O) groups excluding carboxylic acids is 1. The highest BCUT2D eigenvalue weighted by Gasteiger charge is 2.25. The highest BCUT2D eigenvalue weighted by atomic mass is 16.2. The van der Waals surface area contributed by atoms with Gasteiger partial charge in [-0.15, -0.1) is 0 Å². The molecule has 2 aromatic carbocycles. The lowest BCUT2D eigenvalue weighted by atomic mass is 9.98. The second-order valence-corrected chi connectivity index (χ2v) is 6.43. The van der Waals surface area contributed by atoms with Gasteiger partial charge in [0.15, 0.2) is 0 Å². The van der Waals surface area contributed by atoms with Gasteiger partial charge in [0.05, 0.1) is 6.04 Å². The van der Waals surface area contributed by atoms with Crippen molar-refractivity contribution in [3.8, 4) is 0 Å². The Morgan fingerprint density at radius 2 is 1.79 bits per heavy atom. The topological polar surface area (TPSA) is 58.4 Å². The molecule has 0 fully saturated rings. The second kappa shape index (κ2) is 7.60. The van der Waals surface area contributed by atoms with E-state index < -0.39 is 0 Å². The number of rotatable bonds is 5. The van der Waals surface area contributed by atoms with Crippen molar-refractivity contribution in [3.63, 3.8) is 0 Å². The number of nitrogens with zero attached hydrogens (tertiary/aromatic N) is 1. The molecule has 4 nitrogen and oxygen atoms in total. The average molecular weight is 323 g/mol. The third-order valence-electron chi connectivity index (χ3n) is 4.81. The summed E-state index contributed by atoms with van der Waals surface area (Å²) in [4.78, 5) is 14.7. The summed E-state index contributed by atoms with van der Waals surface area (Å²) in [5.41, 5.74) is 9.92. The number of fused-ring (bicyclic) bond motifs is 1. The Balaban J connectivity index is 1.54. The molecule has 0 radical (unpaired) electrons. The Morgan fingerprint density at radius 1 is 1.12 bits per heavy atom. The van der Waals surface area contributed by atoms with Crippen LogP contribution in [-0.2, 0) is 17.8 Å². The summed E-state index contributed by atoms with van der Waals surface area (Å²) in [6.07, 6.45) is 0.997. The maximum atomic E-state index is 12.5. The summed E-state index contributed by atoms with van der Waals surface area (Å²) in [6.45, 7) is 4.17. The van der Waals surface area contributed by atoms with Gasteiger partial charge in [0.25, 0.3) is 0 Å². The third-order valence-corrected chi connectivity index (χ3v) is 4.81. The average Bonchev–Trinajstić information content (AvgIpc) is 2.65. The lowest BCUT2D eigenvalue weighted by Crippen LogP contribution is -2.48. The van der Waals surface area contributed by atoms with E-state index in [0.29, 0.717) is 6.54 Å². The van der Waals surface area contributed by atoms with Gasteiger partial charge in [0.2, 0.25) is 5.91 Å². The van der Waals surface area contributed by atoms with Crippen molar-refractivity contribution in [1.29, 1.82) is 0 Å². The number of hydrogen-bond acceptors (Lipinski definition) is 3. The number of amides is 1. The molecule has 2 unspecified atom stereocenters. The Bertz CT molecular complexity index is 686. The predicted octanol–water partition coefficient (Wildman–Crippen LogP) is 2.25. The molecule has 126 valence electrons. The van der Waals surface area contributed by atoms with Crippen molar-refractivity contribution < 1.29 is 4.79 Å². The first-order chi connectivity index (χ1) is 11.6. The van der Waals surface area contributed by atoms with Crippen molar-refractivity contribution in [3.05, 3.63) is 71.3 Å². The number of nitrogens with one attached hydrogen (secondary N) is 1. The van der Waals surface area contributed by atoms with E-state index in [1.54, 1.807) is 0 Å². The molecule has 1 aliphatic heterocycles. The zero-order chi connectivity index (χ0) is 16.9. The smallest absolute Gasteiger partial charge is 0.237 e. The van der Waals surface area contributed by atoms with E-state index in [4.69, 9.17) is 5.73 Å². The van der Waals surface area contributed by atoms with Crippen LogP contribution in [0.15, 0.2) is 54.6 Å². The summed E-state index contributed by atoms with van der Waals surface area (Å²) in [7, 11) is 0. The Kier molecular flexibility index (Phi) is 5.28. The molecular formula is C20H25N3O. The van der Waals surface area contributed by atoms with Crippen molar-refractivity contribution >= 4 is 5.91 Å².